The Bertz CT molecular complexity index is 322. The number of likely N-dealkylation sites (N-methyl/N-ethyl adjacent to an activating group) is 1. The first kappa shape index (κ1) is 15.6. The normalized spacial score (nSPS) is 27.0. The van der Waals surface area contributed by atoms with Gasteiger partial charge in [-0.2, -0.15) is 0 Å². The van der Waals surface area contributed by atoms with Crippen molar-refractivity contribution in [3.8, 4) is 0 Å². The molecule has 2 aliphatic rings. The van der Waals surface area contributed by atoms with Gasteiger partial charge in [0, 0.05) is 45.2 Å². The average molecular weight is 282 g/mol. The maximum Gasteiger partial charge on any atom is 0.193 e. The third-order valence-electron chi connectivity index (χ3n) is 4.74. The van der Waals surface area contributed by atoms with Crippen LogP contribution in [0.15, 0.2) is 4.99 Å². The molecule has 0 saturated carbocycles. The summed E-state index contributed by atoms with van der Waals surface area (Å²) in [6, 6.07) is 0. The van der Waals surface area contributed by atoms with Gasteiger partial charge in [0.15, 0.2) is 5.96 Å². The molecule has 2 saturated heterocycles. The van der Waals surface area contributed by atoms with E-state index in [1.54, 1.807) is 0 Å². The molecular weight excluding hydrogens is 252 g/mol. The first-order valence-electron chi connectivity index (χ1n) is 7.98. The highest BCUT2D eigenvalue weighted by Crippen LogP contribution is 2.38. The number of nitrogens with zero attached hydrogens (tertiary/aromatic N) is 3. The third kappa shape index (κ3) is 3.64. The molecule has 116 valence electrons. The van der Waals surface area contributed by atoms with E-state index in [1.807, 2.05) is 7.05 Å². The van der Waals surface area contributed by atoms with Gasteiger partial charge in [-0.1, -0.05) is 13.8 Å². The van der Waals surface area contributed by atoms with E-state index in [9.17, 15) is 0 Å². The second-order valence-electron chi connectivity index (χ2n) is 5.98. The SMILES string of the molecule is CCN(CC)CCNC(=NC)N1CCC2(CCOC2)C1. The molecule has 2 rings (SSSR count). The van der Waals surface area contributed by atoms with Gasteiger partial charge in [0.05, 0.1) is 6.61 Å². The molecule has 1 unspecified atom stereocenters. The van der Waals surface area contributed by atoms with E-state index in [-0.39, 0.29) is 0 Å². The van der Waals surface area contributed by atoms with E-state index in [4.69, 9.17) is 4.74 Å². The Kier molecular flexibility index (Phi) is 5.66. The second kappa shape index (κ2) is 7.27. The molecule has 0 aromatic carbocycles. The molecule has 0 amide bonds. The fourth-order valence-corrected chi connectivity index (χ4v) is 3.29. The van der Waals surface area contributed by atoms with E-state index in [0.29, 0.717) is 5.41 Å². The zero-order chi connectivity index (χ0) is 14.4. The van der Waals surface area contributed by atoms with Crippen molar-refractivity contribution in [1.82, 2.24) is 15.1 Å². The molecule has 2 fully saturated rings. The van der Waals surface area contributed by atoms with Crippen molar-refractivity contribution < 1.29 is 4.74 Å². The van der Waals surface area contributed by atoms with E-state index in [0.717, 1.165) is 58.4 Å². The summed E-state index contributed by atoms with van der Waals surface area (Å²) in [5.41, 5.74) is 0.399. The van der Waals surface area contributed by atoms with Gasteiger partial charge in [-0.3, -0.25) is 4.99 Å². The predicted molar refractivity (Wildman–Crippen MR) is 83.2 cm³/mol. The molecule has 20 heavy (non-hydrogen) atoms. The third-order valence-corrected chi connectivity index (χ3v) is 4.74. The summed E-state index contributed by atoms with van der Waals surface area (Å²) in [5, 5.41) is 3.51. The summed E-state index contributed by atoms with van der Waals surface area (Å²) >= 11 is 0. The van der Waals surface area contributed by atoms with Crippen molar-refractivity contribution >= 4 is 5.96 Å². The minimum atomic E-state index is 0.399. The number of nitrogens with one attached hydrogen (secondary N) is 1. The molecule has 1 spiro atoms. The van der Waals surface area contributed by atoms with E-state index < -0.39 is 0 Å². The zero-order valence-corrected chi connectivity index (χ0v) is 13.3. The number of guanidine groups is 1. The van der Waals surface area contributed by atoms with E-state index in [1.165, 1.54) is 12.8 Å². The van der Waals surface area contributed by atoms with Crippen LogP contribution < -0.4 is 5.32 Å². The molecule has 5 nitrogen and oxygen atoms in total. The Morgan fingerprint density at radius 3 is 2.75 bits per heavy atom. The summed E-state index contributed by atoms with van der Waals surface area (Å²) < 4.78 is 5.59. The monoisotopic (exact) mass is 282 g/mol. The summed E-state index contributed by atoms with van der Waals surface area (Å²) in [6.45, 7) is 12.8. The van der Waals surface area contributed by atoms with Crippen LogP contribution in [-0.2, 0) is 4.74 Å². The molecule has 0 radical (unpaired) electrons. The molecule has 2 heterocycles. The molecule has 0 aromatic heterocycles. The van der Waals surface area contributed by atoms with Crippen LogP contribution in [0.1, 0.15) is 26.7 Å². The van der Waals surface area contributed by atoms with Crippen LogP contribution in [-0.4, -0.2) is 75.3 Å². The lowest BCUT2D eigenvalue weighted by atomic mass is 9.87. The number of hydrogen-bond donors (Lipinski definition) is 1. The van der Waals surface area contributed by atoms with E-state index in [2.05, 4.69) is 34.0 Å². The number of likely N-dealkylation sites (tertiary alicyclic amines) is 1. The van der Waals surface area contributed by atoms with Crippen LogP contribution >= 0.6 is 0 Å². The van der Waals surface area contributed by atoms with Crippen molar-refractivity contribution in [2.75, 3.05) is 59.5 Å². The fraction of sp³-hybridized carbons (Fsp3) is 0.933. The highest BCUT2D eigenvalue weighted by atomic mass is 16.5. The van der Waals surface area contributed by atoms with Crippen molar-refractivity contribution in [2.45, 2.75) is 26.7 Å². The lowest BCUT2D eigenvalue weighted by Gasteiger charge is -2.26. The molecule has 0 aliphatic carbocycles. The Balaban J connectivity index is 1.78. The summed E-state index contributed by atoms with van der Waals surface area (Å²) in [6.07, 6.45) is 2.45. The average Bonchev–Trinajstić information content (AvgIpc) is 3.10. The van der Waals surface area contributed by atoms with Crippen LogP contribution in [0.3, 0.4) is 0 Å². The molecule has 1 atom stereocenters. The van der Waals surface area contributed by atoms with Gasteiger partial charge in [-0.15, -0.1) is 0 Å². The van der Waals surface area contributed by atoms with Crippen LogP contribution in [0.25, 0.3) is 0 Å². The van der Waals surface area contributed by atoms with Crippen molar-refractivity contribution in [2.24, 2.45) is 10.4 Å². The van der Waals surface area contributed by atoms with Crippen LogP contribution in [0.2, 0.25) is 0 Å². The van der Waals surface area contributed by atoms with Crippen LogP contribution in [0.5, 0.6) is 0 Å². The topological polar surface area (TPSA) is 40.1 Å². The number of aliphatic imine (C=N–C) groups is 1. The quantitative estimate of drug-likeness (QED) is 0.604. The smallest absolute Gasteiger partial charge is 0.193 e. The van der Waals surface area contributed by atoms with Gasteiger partial charge in [-0.05, 0) is 25.9 Å². The highest BCUT2D eigenvalue weighted by molar-refractivity contribution is 5.80. The van der Waals surface area contributed by atoms with Crippen LogP contribution in [0.4, 0.5) is 0 Å². The minimum Gasteiger partial charge on any atom is -0.381 e. The predicted octanol–water partition coefficient (Wildman–Crippen LogP) is 1.02. The van der Waals surface area contributed by atoms with Gasteiger partial charge in [-0.25, -0.2) is 0 Å². The van der Waals surface area contributed by atoms with Gasteiger partial charge < -0.3 is 19.9 Å². The minimum absolute atomic E-state index is 0.399. The van der Waals surface area contributed by atoms with Gasteiger partial charge in [0.25, 0.3) is 0 Å². The Morgan fingerprint density at radius 2 is 2.15 bits per heavy atom. The Labute approximate surface area is 123 Å². The highest BCUT2D eigenvalue weighted by Gasteiger charge is 2.42. The zero-order valence-electron chi connectivity index (χ0n) is 13.3. The number of rotatable bonds is 5. The number of hydrogen-bond acceptors (Lipinski definition) is 3. The van der Waals surface area contributed by atoms with Gasteiger partial charge >= 0.3 is 0 Å². The molecule has 5 heteroatoms. The maximum absolute atomic E-state index is 5.59. The van der Waals surface area contributed by atoms with Crippen molar-refractivity contribution in [3.05, 3.63) is 0 Å². The lowest BCUT2D eigenvalue weighted by molar-refractivity contribution is 0.156. The summed E-state index contributed by atoms with van der Waals surface area (Å²) in [5.74, 6) is 1.06. The van der Waals surface area contributed by atoms with Gasteiger partial charge in [0.1, 0.15) is 0 Å². The number of ether oxygens (including phenoxy) is 1. The van der Waals surface area contributed by atoms with Crippen molar-refractivity contribution in [1.29, 1.82) is 0 Å². The molecule has 0 aromatic rings. The molecule has 2 aliphatic heterocycles. The largest absolute Gasteiger partial charge is 0.381 e. The molecule has 0 bridgehead atoms. The Morgan fingerprint density at radius 1 is 1.35 bits per heavy atom. The van der Waals surface area contributed by atoms with Gasteiger partial charge in [0.2, 0.25) is 0 Å². The summed E-state index contributed by atoms with van der Waals surface area (Å²) in [7, 11) is 1.88. The molecular formula is C15H30N4O. The second-order valence-corrected chi connectivity index (χ2v) is 5.98. The Hall–Kier alpha value is -0.810. The van der Waals surface area contributed by atoms with Crippen molar-refractivity contribution in [3.63, 3.8) is 0 Å². The molecule has 1 N–H and O–H groups in total. The lowest BCUT2D eigenvalue weighted by Crippen LogP contribution is -2.44. The van der Waals surface area contributed by atoms with Crippen LogP contribution in [0, 0.1) is 5.41 Å². The summed E-state index contributed by atoms with van der Waals surface area (Å²) in [4.78, 5) is 9.27. The maximum atomic E-state index is 5.59. The van der Waals surface area contributed by atoms with E-state index >= 15 is 0 Å². The standard InChI is InChI=1S/C15H30N4O/c1-4-18(5-2)10-8-17-14(16-3)19-9-6-15(12-19)7-11-20-13-15/h4-13H2,1-3H3,(H,16,17). The fourth-order valence-electron chi connectivity index (χ4n) is 3.29. The first-order valence-corrected chi connectivity index (χ1v) is 7.98. The first-order chi connectivity index (χ1) is 9.73.